The Bertz CT molecular complexity index is 328. The van der Waals surface area contributed by atoms with Crippen LogP contribution in [0.3, 0.4) is 0 Å². The Morgan fingerprint density at radius 3 is 1.76 bits per heavy atom. The van der Waals surface area contributed by atoms with Gasteiger partial charge >= 0.3 is 11.9 Å². The molecule has 0 saturated heterocycles. The lowest BCUT2D eigenvalue weighted by Gasteiger charge is -2.14. The van der Waals surface area contributed by atoms with Crippen LogP contribution in [0.5, 0.6) is 0 Å². The second-order valence-corrected chi connectivity index (χ2v) is 6.91. The molecule has 0 aliphatic carbocycles. The molecule has 4 nitrogen and oxygen atoms in total. The van der Waals surface area contributed by atoms with Crippen LogP contribution in [0.2, 0.25) is 0 Å². The Morgan fingerprint density at radius 1 is 0.680 bits per heavy atom. The van der Waals surface area contributed by atoms with Crippen molar-refractivity contribution in [3.05, 3.63) is 0 Å². The first-order chi connectivity index (χ1) is 12.1. The maximum atomic E-state index is 11.5. The first kappa shape index (κ1) is 23.9. The minimum absolute atomic E-state index is 0.0437. The van der Waals surface area contributed by atoms with E-state index in [1.165, 1.54) is 32.1 Å². The van der Waals surface area contributed by atoms with E-state index in [1.807, 2.05) is 13.8 Å². The van der Waals surface area contributed by atoms with Gasteiger partial charge in [0, 0.05) is 12.8 Å². The van der Waals surface area contributed by atoms with Crippen molar-refractivity contribution in [3.63, 3.8) is 0 Å². The summed E-state index contributed by atoms with van der Waals surface area (Å²) in [6, 6.07) is 0. The molecule has 0 aromatic carbocycles. The molecule has 0 rings (SSSR count). The summed E-state index contributed by atoms with van der Waals surface area (Å²) in [6.07, 6.45) is 13.2. The molecule has 0 bridgehead atoms. The van der Waals surface area contributed by atoms with Crippen LogP contribution in [-0.4, -0.2) is 25.2 Å². The zero-order chi connectivity index (χ0) is 18.8. The molecule has 25 heavy (non-hydrogen) atoms. The van der Waals surface area contributed by atoms with Gasteiger partial charge in [0.15, 0.2) is 0 Å². The highest BCUT2D eigenvalue weighted by Crippen LogP contribution is 2.20. The van der Waals surface area contributed by atoms with Crippen molar-refractivity contribution >= 4 is 11.9 Å². The predicted molar refractivity (Wildman–Crippen MR) is 102 cm³/mol. The molecule has 0 N–H and O–H groups in total. The first-order valence-corrected chi connectivity index (χ1v) is 10.4. The third-order valence-corrected chi connectivity index (χ3v) is 4.51. The fraction of sp³-hybridized carbons (Fsp3) is 0.905. The average Bonchev–Trinajstić information content (AvgIpc) is 2.62. The van der Waals surface area contributed by atoms with Gasteiger partial charge in [-0.1, -0.05) is 65.7 Å². The van der Waals surface area contributed by atoms with Gasteiger partial charge in [0.2, 0.25) is 0 Å². The van der Waals surface area contributed by atoms with Crippen molar-refractivity contribution < 1.29 is 19.1 Å². The third-order valence-electron chi connectivity index (χ3n) is 4.51. The number of esters is 2. The number of rotatable bonds is 17. The van der Waals surface area contributed by atoms with Crippen molar-refractivity contribution in [3.8, 4) is 0 Å². The summed E-state index contributed by atoms with van der Waals surface area (Å²) in [7, 11) is 0. The number of hydrogen-bond donors (Lipinski definition) is 0. The third kappa shape index (κ3) is 16.2. The lowest BCUT2D eigenvalue weighted by molar-refractivity contribution is -0.144. The van der Waals surface area contributed by atoms with E-state index in [4.69, 9.17) is 9.47 Å². The van der Waals surface area contributed by atoms with Crippen LogP contribution < -0.4 is 0 Å². The SMILES string of the molecule is CCCOC(=O)CCCCCCCCC(CC)CCC(=O)OCCC. The molecule has 0 aliphatic rings. The molecule has 0 heterocycles. The Kier molecular flexibility index (Phi) is 17.0. The summed E-state index contributed by atoms with van der Waals surface area (Å²) < 4.78 is 10.2. The Balaban J connectivity index is 3.49. The largest absolute Gasteiger partial charge is 0.466 e. The van der Waals surface area contributed by atoms with Gasteiger partial charge in [-0.2, -0.15) is 0 Å². The maximum absolute atomic E-state index is 11.5. The van der Waals surface area contributed by atoms with Crippen LogP contribution >= 0.6 is 0 Å². The summed E-state index contributed by atoms with van der Waals surface area (Å²) in [5.41, 5.74) is 0. The monoisotopic (exact) mass is 356 g/mol. The second kappa shape index (κ2) is 17.8. The molecule has 0 aromatic rings. The van der Waals surface area contributed by atoms with Gasteiger partial charge in [-0.05, 0) is 31.6 Å². The normalized spacial score (nSPS) is 12.0. The highest BCUT2D eigenvalue weighted by Gasteiger charge is 2.10. The average molecular weight is 357 g/mol. The summed E-state index contributed by atoms with van der Waals surface area (Å²) >= 11 is 0. The van der Waals surface area contributed by atoms with Gasteiger partial charge in [0.25, 0.3) is 0 Å². The van der Waals surface area contributed by atoms with Crippen LogP contribution in [0.15, 0.2) is 0 Å². The smallest absolute Gasteiger partial charge is 0.305 e. The van der Waals surface area contributed by atoms with Crippen LogP contribution in [0, 0.1) is 5.92 Å². The van der Waals surface area contributed by atoms with Crippen molar-refractivity contribution in [2.24, 2.45) is 5.92 Å². The van der Waals surface area contributed by atoms with Crippen molar-refractivity contribution in [2.45, 2.75) is 104 Å². The quantitative estimate of drug-likeness (QED) is 0.243. The van der Waals surface area contributed by atoms with Gasteiger partial charge in [-0.15, -0.1) is 0 Å². The molecule has 0 amide bonds. The molecule has 148 valence electrons. The summed E-state index contributed by atoms with van der Waals surface area (Å²) in [6.45, 7) is 7.33. The molecule has 4 heteroatoms. The van der Waals surface area contributed by atoms with E-state index in [0.717, 1.165) is 38.5 Å². The molecule has 0 aliphatic heterocycles. The second-order valence-electron chi connectivity index (χ2n) is 6.91. The molecule has 0 radical (unpaired) electrons. The zero-order valence-corrected chi connectivity index (χ0v) is 16.8. The molecule has 0 saturated carbocycles. The maximum Gasteiger partial charge on any atom is 0.305 e. The molecule has 0 spiro atoms. The zero-order valence-electron chi connectivity index (χ0n) is 16.8. The molecular formula is C21H40O4. The first-order valence-electron chi connectivity index (χ1n) is 10.4. The van der Waals surface area contributed by atoms with E-state index in [1.54, 1.807) is 0 Å². The van der Waals surface area contributed by atoms with Gasteiger partial charge < -0.3 is 9.47 Å². The Hall–Kier alpha value is -1.06. The van der Waals surface area contributed by atoms with E-state index in [-0.39, 0.29) is 11.9 Å². The van der Waals surface area contributed by atoms with E-state index in [9.17, 15) is 9.59 Å². The molecule has 0 fully saturated rings. The fourth-order valence-corrected chi connectivity index (χ4v) is 2.86. The number of hydrogen-bond acceptors (Lipinski definition) is 4. The topological polar surface area (TPSA) is 52.6 Å². The Labute approximate surface area is 155 Å². The van der Waals surface area contributed by atoms with E-state index in [2.05, 4.69) is 6.92 Å². The lowest BCUT2D eigenvalue weighted by Crippen LogP contribution is -2.08. The number of carbonyl (C=O) groups is 2. The van der Waals surface area contributed by atoms with Gasteiger partial charge in [0.05, 0.1) is 13.2 Å². The van der Waals surface area contributed by atoms with Gasteiger partial charge in [-0.25, -0.2) is 0 Å². The van der Waals surface area contributed by atoms with Crippen LogP contribution in [0.25, 0.3) is 0 Å². The highest BCUT2D eigenvalue weighted by molar-refractivity contribution is 5.69. The van der Waals surface area contributed by atoms with Crippen molar-refractivity contribution in [2.75, 3.05) is 13.2 Å². The predicted octanol–water partition coefficient (Wildman–Crippen LogP) is 5.82. The van der Waals surface area contributed by atoms with Crippen LogP contribution in [0.1, 0.15) is 104 Å². The minimum Gasteiger partial charge on any atom is -0.466 e. The number of carbonyl (C=O) groups excluding carboxylic acids is 2. The number of unbranched alkanes of at least 4 members (excludes halogenated alkanes) is 5. The number of ether oxygens (including phenoxy) is 2. The van der Waals surface area contributed by atoms with Gasteiger partial charge in [0.1, 0.15) is 0 Å². The Morgan fingerprint density at radius 2 is 1.20 bits per heavy atom. The van der Waals surface area contributed by atoms with Crippen LogP contribution in [0.4, 0.5) is 0 Å². The fourth-order valence-electron chi connectivity index (χ4n) is 2.86. The summed E-state index contributed by atoms with van der Waals surface area (Å²) in [5, 5.41) is 0. The van der Waals surface area contributed by atoms with Crippen molar-refractivity contribution in [1.82, 2.24) is 0 Å². The standard InChI is InChI=1S/C21H40O4/c1-4-17-24-20(22)14-12-10-8-7-9-11-13-19(6-3)15-16-21(23)25-18-5-2/h19H,4-18H2,1-3H3. The molecule has 1 unspecified atom stereocenters. The summed E-state index contributed by atoms with van der Waals surface area (Å²) in [5.74, 6) is 0.547. The highest BCUT2D eigenvalue weighted by atomic mass is 16.5. The summed E-state index contributed by atoms with van der Waals surface area (Å²) in [4.78, 5) is 22.9. The van der Waals surface area contributed by atoms with Gasteiger partial charge in [-0.3, -0.25) is 9.59 Å². The van der Waals surface area contributed by atoms with E-state index in [0.29, 0.717) is 32.0 Å². The van der Waals surface area contributed by atoms with E-state index < -0.39 is 0 Å². The molecule has 1 atom stereocenters. The molecular weight excluding hydrogens is 316 g/mol. The van der Waals surface area contributed by atoms with E-state index >= 15 is 0 Å². The minimum atomic E-state index is -0.0508. The lowest BCUT2D eigenvalue weighted by atomic mass is 9.93. The molecule has 0 aromatic heterocycles. The van der Waals surface area contributed by atoms with Crippen molar-refractivity contribution in [1.29, 1.82) is 0 Å². The van der Waals surface area contributed by atoms with Crippen LogP contribution in [-0.2, 0) is 19.1 Å².